The Balaban J connectivity index is 2.37. The van der Waals surface area contributed by atoms with Gasteiger partial charge in [0.05, 0.1) is 5.75 Å². The van der Waals surface area contributed by atoms with E-state index >= 15 is 0 Å². The molecule has 0 unspecified atom stereocenters. The fourth-order valence-electron chi connectivity index (χ4n) is 1.23. The molecule has 0 spiro atoms. The first-order valence-electron chi connectivity index (χ1n) is 4.20. The fourth-order valence-corrected chi connectivity index (χ4v) is 1.41. The van der Waals surface area contributed by atoms with Gasteiger partial charge in [0.2, 0.25) is 5.91 Å². The summed E-state index contributed by atoms with van der Waals surface area (Å²) in [4.78, 5) is 13.2. The lowest BCUT2D eigenvalue weighted by molar-refractivity contribution is -0.128. The molecule has 1 aliphatic carbocycles. The van der Waals surface area contributed by atoms with Gasteiger partial charge in [0.15, 0.2) is 0 Å². The summed E-state index contributed by atoms with van der Waals surface area (Å²) in [6.45, 7) is 3.01. The maximum atomic E-state index is 11.2. The lowest BCUT2D eigenvalue weighted by Gasteiger charge is -2.20. The normalized spacial score (nSPS) is 16.5. The maximum Gasteiger partial charge on any atom is 0.232 e. The molecule has 0 aromatic carbocycles. The molecule has 0 aromatic rings. The minimum atomic E-state index is 0.192. The minimum absolute atomic E-state index is 0.192. The molecule has 0 N–H and O–H groups in total. The van der Waals surface area contributed by atoms with Crippen molar-refractivity contribution in [1.82, 2.24) is 4.90 Å². The second-order valence-electron chi connectivity index (χ2n) is 2.98. The van der Waals surface area contributed by atoms with Crippen LogP contribution >= 0.6 is 12.6 Å². The Labute approximate surface area is 73.4 Å². The zero-order valence-electron chi connectivity index (χ0n) is 6.92. The molecule has 1 rings (SSSR count). The highest BCUT2D eigenvalue weighted by molar-refractivity contribution is 7.81. The van der Waals surface area contributed by atoms with Crippen LogP contribution in [0.2, 0.25) is 0 Å². The number of carbonyl (C=O) groups is 1. The zero-order chi connectivity index (χ0) is 8.27. The molecule has 0 heterocycles. The van der Waals surface area contributed by atoms with Crippen LogP contribution in [-0.2, 0) is 4.79 Å². The van der Waals surface area contributed by atoms with Crippen molar-refractivity contribution in [2.75, 3.05) is 12.3 Å². The SMILES string of the molecule is CCCN(C(=O)CS)C1CC1. The van der Waals surface area contributed by atoms with Crippen molar-refractivity contribution >= 4 is 18.5 Å². The van der Waals surface area contributed by atoms with Gasteiger partial charge in [0, 0.05) is 12.6 Å². The second-order valence-corrected chi connectivity index (χ2v) is 3.29. The third kappa shape index (κ3) is 2.40. The molecule has 0 atom stereocenters. The Morgan fingerprint density at radius 2 is 2.27 bits per heavy atom. The van der Waals surface area contributed by atoms with Crippen LogP contribution in [0.1, 0.15) is 26.2 Å². The number of hydrogen-bond acceptors (Lipinski definition) is 2. The van der Waals surface area contributed by atoms with E-state index in [9.17, 15) is 4.79 Å². The predicted octanol–water partition coefficient (Wildman–Crippen LogP) is 1.32. The number of rotatable bonds is 4. The number of hydrogen-bond donors (Lipinski definition) is 1. The van der Waals surface area contributed by atoms with Gasteiger partial charge in [-0.25, -0.2) is 0 Å². The Bertz CT molecular complexity index is 145. The van der Waals surface area contributed by atoms with Crippen molar-refractivity contribution in [2.24, 2.45) is 0 Å². The van der Waals surface area contributed by atoms with Crippen LogP contribution in [0.15, 0.2) is 0 Å². The van der Waals surface area contributed by atoms with E-state index in [1.54, 1.807) is 0 Å². The van der Waals surface area contributed by atoms with E-state index in [0.717, 1.165) is 13.0 Å². The summed E-state index contributed by atoms with van der Waals surface area (Å²) in [5.41, 5.74) is 0. The first-order valence-corrected chi connectivity index (χ1v) is 4.83. The topological polar surface area (TPSA) is 20.3 Å². The summed E-state index contributed by atoms with van der Waals surface area (Å²) >= 11 is 3.98. The number of nitrogens with zero attached hydrogens (tertiary/aromatic N) is 1. The number of amides is 1. The minimum Gasteiger partial charge on any atom is -0.339 e. The molecule has 1 saturated carbocycles. The van der Waals surface area contributed by atoms with E-state index in [-0.39, 0.29) is 5.91 Å². The lowest BCUT2D eigenvalue weighted by Crippen LogP contribution is -2.34. The van der Waals surface area contributed by atoms with Gasteiger partial charge < -0.3 is 4.90 Å². The van der Waals surface area contributed by atoms with Crippen molar-refractivity contribution in [1.29, 1.82) is 0 Å². The van der Waals surface area contributed by atoms with E-state index in [4.69, 9.17) is 0 Å². The molecule has 11 heavy (non-hydrogen) atoms. The maximum absolute atomic E-state index is 11.2. The third-order valence-electron chi connectivity index (χ3n) is 1.91. The third-order valence-corrected chi connectivity index (χ3v) is 2.18. The van der Waals surface area contributed by atoms with E-state index < -0.39 is 0 Å². The van der Waals surface area contributed by atoms with Crippen LogP contribution in [0.5, 0.6) is 0 Å². The Morgan fingerprint density at radius 1 is 1.64 bits per heavy atom. The molecule has 0 bridgehead atoms. The van der Waals surface area contributed by atoms with Crippen molar-refractivity contribution in [3.63, 3.8) is 0 Å². The summed E-state index contributed by atoms with van der Waals surface area (Å²) < 4.78 is 0. The highest BCUT2D eigenvalue weighted by atomic mass is 32.1. The molecule has 2 nitrogen and oxygen atoms in total. The van der Waals surface area contributed by atoms with E-state index in [0.29, 0.717) is 11.8 Å². The van der Waals surface area contributed by atoms with Crippen LogP contribution in [0.4, 0.5) is 0 Å². The quantitative estimate of drug-likeness (QED) is 0.636. The monoisotopic (exact) mass is 173 g/mol. The molecular weight excluding hydrogens is 158 g/mol. The summed E-state index contributed by atoms with van der Waals surface area (Å²) in [6, 6.07) is 0.551. The largest absolute Gasteiger partial charge is 0.339 e. The van der Waals surface area contributed by atoms with Crippen LogP contribution < -0.4 is 0 Å². The van der Waals surface area contributed by atoms with E-state index in [1.807, 2.05) is 4.90 Å². The van der Waals surface area contributed by atoms with Crippen LogP contribution in [-0.4, -0.2) is 29.1 Å². The van der Waals surface area contributed by atoms with Gasteiger partial charge >= 0.3 is 0 Å². The van der Waals surface area contributed by atoms with Gasteiger partial charge in [-0.3, -0.25) is 4.79 Å². The van der Waals surface area contributed by atoms with Gasteiger partial charge in [-0.2, -0.15) is 12.6 Å². The van der Waals surface area contributed by atoms with Gasteiger partial charge in [0.1, 0.15) is 0 Å². The van der Waals surface area contributed by atoms with Crippen LogP contribution in [0.25, 0.3) is 0 Å². The van der Waals surface area contributed by atoms with Gasteiger partial charge in [-0.05, 0) is 19.3 Å². The van der Waals surface area contributed by atoms with Gasteiger partial charge in [-0.1, -0.05) is 6.92 Å². The van der Waals surface area contributed by atoms with Gasteiger partial charge in [0.25, 0.3) is 0 Å². The highest BCUT2D eigenvalue weighted by Crippen LogP contribution is 2.26. The smallest absolute Gasteiger partial charge is 0.232 e. The standard InChI is InChI=1S/C8H15NOS/c1-2-5-9(7-3-4-7)8(10)6-11/h7,11H,2-6H2,1H3. The summed E-state index contributed by atoms with van der Waals surface area (Å²) in [5.74, 6) is 0.550. The zero-order valence-corrected chi connectivity index (χ0v) is 7.81. The van der Waals surface area contributed by atoms with Crippen LogP contribution in [0, 0.1) is 0 Å². The molecule has 1 fully saturated rings. The fraction of sp³-hybridized carbons (Fsp3) is 0.875. The lowest BCUT2D eigenvalue weighted by atomic mass is 10.4. The average molecular weight is 173 g/mol. The Kier molecular flexibility index (Phi) is 3.24. The second kappa shape index (κ2) is 4.00. The van der Waals surface area contributed by atoms with E-state index in [2.05, 4.69) is 19.6 Å². The molecule has 3 heteroatoms. The summed E-state index contributed by atoms with van der Waals surface area (Å²) in [5, 5.41) is 0. The number of thiol groups is 1. The molecule has 0 aromatic heterocycles. The molecule has 0 aliphatic heterocycles. The first kappa shape index (κ1) is 8.91. The molecule has 1 aliphatic rings. The molecule has 1 amide bonds. The van der Waals surface area contributed by atoms with Crippen LogP contribution in [0.3, 0.4) is 0 Å². The molecule has 0 radical (unpaired) electrons. The van der Waals surface area contributed by atoms with Crippen molar-refractivity contribution < 1.29 is 4.79 Å². The van der Waals surface area contributed by atoms with Crippen molar-refractivity contribution in [2.45, 2.75) is 32.2 Å². The number of carbonyl (C=O) groups excluding carboxylic acids is 1. The molecule has 0 saturated heterocycles. The molecule has 64 valence electrons. The van der Waals surface area contributed by atoms with Crippen molar-refractivity contribution in [3.05, 3.63) is 0 Å². The Hall–Kier alpha value is -0.180. The summed E-state index contributed by atoms with van der Waals surface area (Å²) in [7, 11) is 0. The first-order chi connectivity index (χ1) is 5.29. The van der Waals surface area contributed by atoms with Gasteiger partial charge in [-0.15, -0.1) is 0 Å². The molecular formula is C8H15NOS. The summed E-state index contributed by atoms with van der Waals surface area (Å²) in [6.07, 6.45) is 3.44. The predicted molar refractivity (Wildman–Crippen MR) is 48.9 cm³/mol. The Morgan fingerprint density at radius 3 is 2.64 bits per heavy atom. The highest BCUT2D eigenvalue weighted by Gasteiger charge is 2.30. The van der Waals surface area contributed by atoms with Crippen molar-refractivity contribution in [3.8, 4) is 0 Å². The average Bonchev–Trinajstić information content (AvgIpc) is 2.81. The van der Waals surface area contributed by atoms with E-state index in [1.165, 1.54) is 12.8 Å².